The highest BCUT2D eigenvalue weighted by Gasteiger charge is 2.19. The van der Waals surface area contributed by atoms with Crippen LogP contribution in [-0.4, -0.2) is 28.9 Å². The van der Waals surface area contributed by atoms with Crippen LogP contribution < -0.4 is 0 Å². The zero-order valence-electron chi connectivity index (χ0n) is 7.66. The van der Waals surface area contributed by atoms with Gasteiger partial charge in [-0.2, -0.15) is 0 Å². The Morgan fingerprint density at radius 2 is 2.19 bits per heavy atom. The molecule has 0 radical (unpaired) electrons. The quantitative estimate of drug-likeness (QED) is 0.813. The molecule has 0 amide bonds. The number of aromatic nitrogens is 2. The van der Waals surface area contributed by atoms with Crippen molar-refractivity contribution in [3.05, 3.63) is 30.1 Å². The van der Waals surface area contributed by atoms with Crippen molar-refractivity contribution in [3.8, 4) is 0 Å². The van der Waals surface area contributed by atoms with Crippen LogP contribution in [0.25, 0.3) is 5.65 Å². The molecule has 0 fully saturated rings. The third-order valence-electron chi connectivity index (χ3n) is 1.98. The van der Waals surface area contributed by atoms with Gasteiger partial charge in [-0.1, -0.05) is 0 Å². The molecule has 0 aliphatic rings. The van der Waals surface area contributed by atoms with Crippen LogP contribution in [0.4, 0.5) is 0 Å². The maximum absolute atomic E-state index is 11.1. The number of carboxylic acids is 1. The number of pyridine rings is 1. The number of imidazole rings is 1. The Bertz CT molecular complexity index is 676. The maximum atomic E-state index is 11.1. The molecule has 0 aliphatic heterocycles. The first-order valence-electron chi connectivity index (χ1n) is 4.05. The Hall–Kier alpha value is -1.60. The average Bonchev–Trinajstić information content (AvgIpc) is 2.59. The lowest BCUT2D eigenvalue weighted by Gasteiger charge is -1.99. The van der Waals surface area contributed by atoms with Gasteiger partial charge in [-0.3, -0.25) is 4.40 Å². The number of rotatable bonds is 2. The summed E-state index contributed by atoms with van der Waals surface area (Å²) >= 11 is 0. The van der Waals surface area contributed by atoms with E-state index in [1.54, 1.807) is 0 Å². The highest BCUT2D eigenvalue weighted by atomic mass is 35.7. The Kier molecular flexibility index (Phi) is 2.36. The molecular weight excluding hydrogens is 256 g/mol. The minimum atomic E-state index is -3.95. The van der Waals surface area contributed by atoms with E-state index in [4.69, 9.17) is 15.8 Å². The summed E-state index contributed by atoms with van der Waals surface area (Å²) in [6, 6.07) is 2.74. The number of carbonyl (C=O) groups is 1. The van der Waals surface area contributed by atoms with Crippen molar-refractivity contribution in [1.29, 1.82) is 0 Å². The van der Waals surface area contributed by atoms with Gasteiger partial charge in [0.15, 0.2) is 10.7 Å². The van der Waals surface area contributed by atoms with Gasteiger partial charge in [0.25, 0.3) is 9.05 Å². The van der Waals surface area contributed by atoms with Crippen molar-refractivity contribution in [2.24, 2.45) is 0 Å². The van der Waals surface area contributed by atoms with E-state index in [1.165, 1.54) is 18.3 Å². The van der Waals surface area contributed by atoms with E-state index in [9.17, 15) is 13.2 Å². The summed E-state index contributed by atoms with van der Waals surface area (Å²) in [6.07, 6.45) is 2.40. The monoisotopic (exact) mass is 260 g/mol. The van der Waals surface area contributed by atoms with Crippen molar-refractivity contribution in [2.75, 3.05) is 0 Å². The van der Waals surface area contributed by atoms with Crippen LogP contribution in [0.3, 0.4) is 0 Å². The largest absolute Gasteiger partial charge is 0.478 e. The van der Waals surface area contributed by atoms with Crippen molar-refractivity contribution < 1.29 is 18.3 Å². The molecular formula is C8H5ClN2O4S. The van der Waals surface area contributed by atoms with Crippen LogP contribution in [0, 0.1) is 0 Å². The number of halogens is 1. The van der Waals surface area contributed by atoms with Crippen LogP contribution in [-0.2, 0) is 9.05 Å². The Balaban J connectivity index is 2.87. The smallest absolute Gasteiger partial charge is 0.339 e. The molecule has 0 bridgehead atoms. The third kappa shape index (κ3) is 1.63. The molecule has 0 aromatic carbocycles. The molecule has 0 atom stereocenters. The molecule has 1 N–H and O–H groups in total. The summed E-state index contributed by atoms with van der Waals surface area (Å²) in [5.74, 6) is -1.19. The second kappa shape index (κ2) is 3.46. The molecule has 2 rings (SSSR count). The highest BCUT2D eigenvalue weighted by molar-refractivity contribution is 8.13. The number of carboxylic acid groups (broad SMARTS) is 1. The predicted molar refractivity (Wildman–Crippen MR) is 55.2 cm³/mol. The van der Waals surface area contributed by atoms with Gasteiger partial charge in [0, 0.05) is 16.9 Å². The standard InChI is InChI=1S/C8H5ClN2O4S/c9-16(14,15)6-4-10-7-5(8(12)13)2-1-3-11(6)7/h1-4H,(H,12,13). The molecule has 84 valence electrons. The Labute approximate surface area is 94.5 Å². The normalized spacial score (nSPS) is 11.8. The minimum Gasteiger partial charge on any atom is -0.478 e. The van der Waals surface area contributed by atoms with Gasteiger partial charge in [-0.15, -0.1) is 0 Å². The predicted octanol–water partition coefficient (Wildman–Crippen LogP) is 0.960. The van der Waals surface area contributed by atoms with Crippen LogP contribution in [0.1, 0.15) is 10.4 Å². The molecule has 0 spiro atoms. The first-order valence-corrected chi connectivity index (χ1v) is 6.36. The molecule has 2 aromatic rings. The molecule has 6 nitrogen and oxygen atoms in total. The average molecular weight is 261 g/mol. The molecule has 8 heteroatoms. The SMILES string of the molecule is O=C(O)c1cccn2c(S(=O)(=O)Cl)cnc12. The summed E-state index contributed by atoms with van der Waals surface area (Å²) in [4.78, 5) is 14.6. The summed E-state index contributed by atoms with van der Waals surface area (Å²) in [7, 11) is 1.23. The summed E-state index contributed by atoms with van der Waals surface area (Å²) < 4.78 is 23.4. The maximum Gasteiger partial charge on any atom is 0.339 e. The van der Waals surface area contributed by atoms with Crippen LogP contribution in [0.2, 0.25) is 0 Å². The number of hydrogen-bond donors (Lipinski definition) is 1. The third-order valence-corrected chi connectivity index (χ3v) is 3.26. The second-order valence-electron chi connectivity index (χ2n) is 2.95. The fourth-order valence-corrected chi connectivity index (χ4v) is 2.24. The second-order valence-corrected chi connectivity index (χ2v) is 5.47. The van der Waals surface area contributed by atoms with Gasteiger partial charge < -0.3 is 5.11 Å². The zero-order chi connectivity index (χ0) is 11.9. The summed E-state index contributed by atoms with van der Waals surface area (Å²) in [5.41, 5.74) is -0.0525. The summed E-state index contributed by atoms with van der Waals surface area (Å²) in [6.45, 7) is 0. The van der Waals surface area contributed by atoms with Gasteiger partial charge >= 0.3 is 5.97 Å². The van der Waals surface area contributed by atoms with Crippen molar-refractivity contribution >= 4 is 31.3 Å². The van der Waals surface area contributed by atoms with E-state index in [0.717, 1.165) is 10.6 Å². The van der Waals surface area contributed by atoms with E-state index in [0.29, 0.717) is 0 Å². The Morgan fingerprint density at radius 3 is 2.75 bits per heavy atom. The zero-order valence-corrected chi connectivity index (χ0v) is 9.23. The first kappa shape index (κ1) is 10.9. The lowest BCUT2D eigenvalue weighted by atomic mass is 10.3. The lowest BCUT2D eigenvalue weighted by Crippen LogP contribution is -2.02. The van der Waals surface area contributed by atoms with Crippen LogP contribution in [0.5, 0.6) is 0 Å². The minimum absolute atomic E-state index is 0.0363. The highest BCUT2D eigenvalue weighted by Crippen LogP contribution is 2.18. The molecule has 2 aromatic heterocycles. The topological polar surface area (TPSA) is 88.7 Å². The molecule has 0 unspecified atom stereocenters. The molecule has 0 aliphatic carbocycles. The fraction of sp³-hybridized carbons (Fsp3) is 0. The molecule has 16 heavy (non-hydrogen) atoms. The van der Waals surface area contributed by atoms with Gasteiger partial charge in [-0.25, -0.2) is 18.2 Å². The van der Waals surface area contributed by atoms with Gasteiger partial charge in [-0.05, 0) is 12.1 Å². The Morgan fingerprint density at radius 1 is 1.50 bits per heavy atom. The molecule has 0 saturated heterocycles. The van der Waals surface area contributed by atoms with E-state index < -0.39 is 15.0 Å². The number of aromatic carboxylic acids is 1. The van der Waals surface area contributed by atoms with E-state index in [1.807, 2.05) is 0 Å². The number of fused-ring (bicyclic) bond motifs is 1. The van der Waals surface area contributed by atoms with Gasteiger partial charge in [0.1, 0.15) is 5.56 Å². The number of hydrogen-bond acceptors (Lipinski definition) is 4. The van der Waals surface area contributed by atoms with Crippen molar-refractivity contribution in [3.63, 3.8) is 0 Å². The van der Waals surface area contributed by atoms with Gasteiger partial charge in [0.05, 0.1) is 6.20 Å². The lowest BCUT2D eigenvalue weighted by molar-refractivity contribution is 0.0698. The first-order chi connectivity index (χ1) is 7.41. The van der Waals surface area contributed by atoms with E-state index in [2.05, 4.69) is 4.98 Å². The number of nitrogens with zero attached hydrogens (tertiary/aromatic N) is 2. The van der Waals surface area contributed by atoms with Gasteiger partial charge in [0.2, 0.25) is 0 Å². The molecule has 0 saturated carbocycles. The van der Waals surface area contributed by atoms with Crippen LogP contribution in [0.15, 0.2) is 29.6 Å². The van der Waals surface area contributed by atoms with E-state index >= 15 is 0 Å². The molecule has 2 heterocycles. The van der Waals surface area contributed by atoms with E-state index in [-0.39, 0.29) is 16.2 Å². The van der Waals surface area contributed by atoms with Crippen LogP contribution >= 0.6 is 10.7 Å². The summed E-state index contributed by atoms with van der Waals surface area (Å²) in [5, 5.41) is 8.60. The fourth-order valence-electron chi connectivity index (χ4n) is 1.34. The van der Waals surface area contributed by atoms with Crippen molar-refractivity contribution in [1.82, 2.24) is 9.38 Å². The van der Waals surface area contributed by atoms with Crippen molar-refractivity contribution in [2.45, 2.75) is 5.03 Å².